The molecule has 162 valence electrons. The van der Waals surface area contributed by atoms with Gasteiger partial charge in [0, 0.05) is 49.9 Å². The second-order valence-electron chi connectivity index (χ2n) is 8.71. The van der Waals surface area contributed by atoms with Gasteiger partial charge in [0.05, 0.1) is 25.3 Å². The highest BCUT2D eigenvalue weighted by Gasteiger charge is 2.35. The summed E-state index contributed by atoms with van der Waals surface area (Å²) >= 11 is 0. The number of likely N-dealkylation sites (N-methyl/N-ethyl adjacent to an activating group) is 1. The molecule has 2 bridgehead atoms. The number of hydrogen-bond donors (Lipinski definition) is 0. The molecule has 3 heterocycles. The van der Waals surface area contributed by atoms with Crippen LogP contribution in [-0.4, -0.2) is 54.1 Å². The Labute approximate surface area is 182 Å². The molecule has 2 aliphatic heterocycles. The highest BCUT2D eigenvalue weighted by Crippen LogP contribution is 2.35. The van der Waals surface area contributed by atoms with Gasteiger partial charge in [-0.3, -0.25) is 19.4 Å². The number of hydrogen-bond acceptors (Lipinski definition) is 6. The smallest absolute Gasteiger partial charge is 0.319 e. The number of methoxy groups -OCH3 is 1. The van der Waals surface area contributed by atoms with E-state index in [-0.39, 0.29) is 18.1 Å². The number of esters is 1. The monoisotopic (exact) mass is 420 g/mol. The van der Waals surface area contributed by atoms with Crippen LogP contribution in [0.25, 0.3) is 0 Å². The number of piperidine rings is 1. The van der Waals surface area contributed by atoms with Crippen molar-refractivity contribution >= 4 is 5.97 Å². The number of carbonyl (C=O) groups is 1. The van der Waals surface area contributed by atoms with Crippen LogP contribution in [0.4, 0.5) is 0 Å². The molecular formula is C24H28N4O3. The Bertz CT molecular complexity index is 1070. The lowest BCUT2D eigenvalue weighted by atomic mass is 9.82. The number of pyridine rings is 1. The van der Waals surface area contributed by atoms with Gasteiger partial charge in [-0.2, -0.15) is 5.26 Å². The molecule has 0 amide bonds. The number of nitrogens with zero attached hydrogens (tertiary/aromatic N) is 4. The Morgan fingerprint density at radius 3 is 2.77 bits per heavy atom. The van der Waals surface area contributed by atoms with Crippen LogP contribution in [0.15, 0.2) is 41.2 Å². The number of rotatable bonds is 6. The van der Waals surface area contributed by atoms with Crippen LogP contribution in [0, 0.1) is 17.2 Å². The van der Waals surface area contributed by atoms with E-state index in [1.165, 1.54) is 7.11 Å². The molecule has 4 rings (SSSR count). The number of benzene rings is 1. The topological polar surface area (TPSA) is 78.6 Å². The Hall–Kier alpha value is -2.95. The van der Waals surface area contributed by atoms with Crippen LogP contribution in [0.3, 0.4) is 0 Å². The zero-order valence-corrected chi connectivity index (χ0v) is 18.1. The number of likely N-dealkylation sites (tertiary alicyclic amines) is 1. The van der Waals surface area contributed by atoms with E-state index in [0.717, 1.165) is 49.4 Å². The lowest BCUT2D eigenvalue weighted by Gasteiger charge is -2.43. The third-order valence-corrected chi connectivity index (χ3v) is 6.36. The van der Waals surface area contributed by atoms with E-state index in [9.17, 15) is 14.9 Å². The second kappa shape index (κ2) is 9.04. The second-order valence-corrected chi connectivity index (χ2v) is 8.71. The maximum absolute atomic E-state index is 13.2. The lowest BCUT2D eigenvalue weighted by molar-refractivity contribution is -0.141. The van der Waals surface area contributed by atoms with Gasteiger partial charge in [-0.15, -0.1) is 0 Å². The quantitative estimate of drug-likeness (QED) is 0.665. The summed E-state index contributed by atoms with van der Waals surface area (Å²) in [6.07, 6.45) is 1.09. The molecule has 2 aliphatic rings. The van der Waals surface area contributed by atoms with Crippen molar-refractivity contribution in [2.75, 3.05) is 33.8 Å². The molecule has 7 nitrogen and oxygen atoms in total. The Kier molecular flexibility index (Phi) is 6.21. The Balaban J connectivity index is 1.51. The van der Waals surface area contributed by atoms with Crippen molar-refractivity contribution in [2.45, 2.75) is 32.0 Å². The van der Waals surface area contributed by atoms with E-state index in [1.54, 1.807) is 4.90 Å². The van der Waals surface area contributed by atoms with Crippen molar-refractivity contribution in [3.63, 3.8) is 0 Å². The molecule has 0 N–H and O–H groups in total. The molecule has 2 aromatic rings. The van der Waals surface area contributed by atoms with Crippen molar-refractivity contribution < 1.29 is 9.53 Å². The number of carbonyl (C=O) groups excluding carboxylic acids is 1. The van der Waals surface area contributed by atoms with Crippen molar-refractivity contribution in [1.82, 2.24) is 14.4 Å². The van der Waals surface area contributed by atoms with Gasteiger partial charge < -0.3 is 9.30 Å². The van der Waals surface area contributed by atoms with Crippen LogP contribution < -0.4 is 5.56 Å². The van der Waals surface area contributed by atoms with Gasteiger partial charge in [0.15, 0.2) is 0 Å². The average Bonchev–Trinajstić information content (AvgIpc) is 2.76. The Morgan fingerprint density at radius 2 is 2.00 bits per heavy atom. The van der Waals surface area contributed by atoms with Crippen molar-refractivity contribution in [3.05, 3.63) is 69.1 Å². The summed E-state index contributed by atoms with van der Waals surface area (Å²) in [5.41, 5.74) is 3.64. The summed E-state index contributed by atoms with van der Waals surface area (Å²) in [5, 5.41) is 9.38. The molecule has 1 fully saturated rings. The van der Waals surface area contributed by atoms with E-state index < -0.39 is 0 Å². The predicted octanol–water partition coefficient (Wildman–Crippen LogP) is 1.94. The summed E-state index contributed by atoms with van der Waals surface area (Å²) in [7, 11) is 3.18. The molecule has 0 unspecified atom stereocenters. The SMILES string of the molecule is COC(=O)CN(C)Cc1ccc2n(c1=O)C[C@H]1C[C@@H]2CN(Cc2ccccc2C#N)C1. The minimum absolute atomic E-state index is 0.0483. The molecular weight excluding hydrogens is 392 g/mol. The van der Waals surface area contributed by atoms with Crippen LogP contribution in [0.5, 0.6) is 0 Å². The number of nitriles is 1. The third kappa shape index (κ3) is 4.55. The molecule has 7 heteroatoms. The average molecular weight is 421 g/mol. The van der Waals surface area contributed by atoms with E-state index in [1.807, 2.05) is 41.9 Å². The fourth-order valence-corrected chi connectivity index (χ4v) is 4.98. The maximum atomic E-state index is 13.2. The van der Waals surface area contributed by atoms with Gasteiger partial charge in [-0.05, 0) is 37.1 Å². The standard InChI is InChI=1S/C24H28N4O3/c1-26(16-23(29)31-2)13-20-7-8-22-21-9-17(12-28(22)24(20)30)11-27(15-21)14-19-6-4-3-5-18(19)10-25/h3-8,17,21H,9,11-16H2,1-2H3/t17-,21+/m0/s1. The molecule has 0 spiro atoms. The number of fused-ring (bicyclic) bond motifs is 4. The van der Waals surface area contributed by atoms with Crippen molar-refractivity contribution in [1.29, 1.82) is 5.26 Å². The summed E-state index contributed by atoms with van der Waals surface area (Å²) < 4.78 is 6.66. The van der Waals surface area contributed by atoms with Crippen LogP contribution >= 0.6 is 0 Å². The molecule has 0 aliphatic carbocycles. The van der Waals surface area contributed by atoms with E-state index in [2.05, 4.69) is 17.0 Å². The molecule has 1 saturated heterocycles. The summed E-state index contributed by atoms with van der Waals surface area (Å²) in [6, 6.07) is 14.1. The lowest BCUT2D eigenvalue weighted by Crippen LogP contribution is -2.47. The first-order chi connectivity index (χ1) is 15.0. The minimum Gasteiger partial charge on any atom is -0.468 e. The number of aromatic nitrogens is 1. The molecule has 31 heavy (non-hydrogen) atoms. The van der Waals surface area contributed by atoms with Gasteiger partial charge in [0.1, 0.15) is 0 Å². The molecule has 2 atom stereocenters. The van der Waals surface area contributed by atoms with E-state index >= 15 is 0 Å². The normalized spacial score (nSPS) is 20.2. The van der Waals surface area contributed by atoms with Gasteiger partial charge in [-0.25, -0.2) is 0 Å². The summed E-state index contributed by atoms with van der Waals surface area (Å²) in [6.45, 7) is 3.86. The molecule has 1 aromatic carbocycles. The fourth-order valence-electron chi connectivity index (χ4n) is 4.98. The summed E-state index contributed by atoms with van der Waals surface area (Å²) in [4.78, 5) is 28.9. The van der Waals surface area contributed by atoms with Crippen LogP contribution in [-0.2, 0) is 29.2 Å². The van der Waals surface area contributed by atoms with E-state index in [4.69, 9.17) is 4.74 Å². The predicted molar refractivity (Wildman–Crippen MR) is 116 cm³/mol. The van der Waals surface area contributed by atoms with E-state index in [0.29, 0.717) is 23.9 Å². The Morgan fingerprint density at radius 1 is 1.19 bits per heavy atom. The first kappa shape index (κ1) is 21.3. The van der Waals surface area contributed by atoms with Gasteiger partial charge >= 0.3 is 5.97 Å². The van der Waals surface area contributed by atoms with Gasteiger partial charge in [0.25, 0.3) is 5.56 Å². The number of ether oxygens (including phenoxy) is 1. The van der Waals surface area contributed by atoms with Crippen LogP contribution in [0.2, 0.25) is 0 Å². The van der Waals surface area contributed by atoms with Gasteiger partial charge in [0.2, 0.25) is 0 Å². The van der Waals surface area contributed by atoms with Gasteiger partial charge in [-0.1, -0.05) is 24.3 Å². The summed E-state index contributed by atoms with van der Waals surface area (Å²) in [5.74, 6) is 0.422. The molecule has 1 aromatic heterocycles. The zero-order valence-electron chi connectivity index (χ0n) is 18.1. The largest absolute Gasteiger partial charge is 0.468 e. The third-order valence-electron chi connectivity index (χ3n) is 6.36. The highest BCUT2D eigenvalue weighted by molar-refractivity contribution is 5.71. The van der Waals surface area contributed by atoms with Crippen molar-refractivity contribution in [3.8, 4) is 6.07 Å². The fraction of sp³-hybridized carbons (Fsp3) is 0.458. The molecule has 0 saturated carbocycles. The van der Waals surface area contributed by atoms with Crippen LogP contribution in [0.1, 0.15) is 34.7 Å². The first-order valence-corrected chi connectivity index (χ1v) is 10.7. The minimum atomic E-state index is -0.312. The zero-order chi connectivity index (χ0) is 22.0. The highest BCUT2D eigenvalue weighted by atomic mass is 16.5. The maximum Gasteiger partial charge on any atom is 0.319 e. The molecule has 0 radical (unpaired) electrons. The van der Waals surface area contributed by atoms with Crippen molar-refractivity contribution in [2.24, 2.45) is 5.92 Å². The first-order valence-electron chi connectivity index (χ1n) is 10.7.